The number of carbonyl (C=O) groups excluding carboxylic acids is 1. The molecule has 0 atom stereocenters. The minimum Gasteiger partial charge on any atom is -0.444 e. The molecule has 2 saturated heterocycles. The summed E-state index contributed by atoms with van der Waals surface area (Å²) in [6.07, 6.45) is 1.74. The van der Waals surface area contributed by atoms with Gasteiger partial charge < -0.3 is 9.64 Å². The van der Waals surface area contributed by atoms with Gasteiger partial charge in [0.1, 0.15) is 5.60 Å². The molecule has 2 aliphatic rings. The Kier molecular flexibility index (Phi) is 3.33. The highest BCUT2D eigenvalue weighted by molar-refractivity contribution is 7.88. The van der Waals surface area contributed by atoms with Crippen LogP contribution in [0.25, 0.3) is 0 Å². The summed E-state index contributed by atoms with van der Waals surface area (Å²) in [6.45, 7) is 7.76. The zero-order valence-corrected chi connectivity index (χ0v) is 12.8. The van der Waals surface area contributed by atoms with Crippen LogP contribution >= 0.6 is 0 Å². The smallest absolute Gasteiger partial charge is 0.410 e. The molecule has 0 N–H and O–H groups in total. The van der Waals surface area contributed by atoms with Crippen LogP contribution < -0.4 is 0 Å². The Hall–Kier alpha value is -0.820. The van der Waals surface area contributed by atoms with Gasteiger partial charge in [-0.1, -0.05) is 0 Å². The third-order valence-corrected chi connectivity index (χ3v) is 4.83. The fourth-order valence-corrected chi connectivity index (χ4v) is 3.59. The highest BCUT2D eigenvalue weighted by Crippen LogP contribution is 2.40. The average molecular weight is 290 g/mol. The molecule has 0 aliphatic carbocycles. The second kappa shape index (κ2) is 4.34. The molecule has 0 saturated carbocycles. The van der Waals surface area contributed by atoms with E-state index in [1.165, 1.54) is 10.6 Å². The highest BCUT2D eigenvalue weighted by Gasteiger charge is 2.51. The number of hydrogen-bond acceptors (Lipinski definition) is 4. The van der Waals surface area contributed by atoms with E-state index in [-0.39, 0.29) is 11.5 Å². The molecule has 2 rings (SSSR count). The van der Waals surface area contributed by atoms with E-state index in [1.54, 1.807) is 4.90 Å². The second-order valence-electron chi connectivity index (χ2n) is 6.68. The molecule has 1 spiro atoms. The molecule has 0 radical (unpaired) electrons. The van der Waals surface area contributed by atoms with E-state index >= 15 is 0 Å². The van der Waals surface area contributed by atoms with Gasteiger partial charge in [-0.05, 0) is 27.2 Å². The van der Waals surface area contributed by atoms with Crippen LogP contribution in [-0.4, -0.2) is 61.8 Å². The van der Waals surface area contributed by atoms with E-state index < -0.39 is 15.6 Å². The van der Waals surface area contributed by atoms with E-state index in [0.717, 1.165) is 6.42 Å². The Labute approximate surface area is 114 Å². The van der Waals surface area contributed by atoms with Crippen molar-refractivity contribution in [3.05, 3.63) is 0 Å². The van der Waals surface area contributed by atoms with Crippen LogP contribution in [0.5, 0.6) is 0 Å². The first-order valence-electron chi connectivity index (χ1n) is 6.44. The Morgan fingerprint density at radius 3 is 2.21 bits per heavy atom. The monoisotopic (exact) mass is 290 g/mol. The van der Waals surface area contributed by atoms with Crippen molar-refractivity contribution >= 4 is 16.1 Å². The van der Waals surface area contributed by atoms with Crippen LogP contribution in [0, 0.1) is 5.41 Å². The van der Waals surface area contributed by atoms with E-state index in [9.17, 15) is 13.2 Å². The van der Waals surface area contributed by atoms with Gasteiger partial charge >= 0.3 is 6.09 Å². The molecule has 7 heteroatoms. The second-order valence-corrected chi connectivity index (χ2v) is 8.67. The van der Waals surface area contributed by atoms with Crippen molar-refractivity contribution in [1.82, 2.24) is 9.21 Å². The molecular formula is C12H22N2O4S. The van der Waals surface area contributed by atoms with E-state index in [1.807, 2.05) is 20.8 Å². The predicted molar refractivity (Wildman–Crippen MR) is 71.3 cm³/mol. The SMILES string of the molecule is CC(C)(C)OC(=O)N1CC2(CCN(S(C)(=O)=O)C2)C1. The van der Waals surface area contributed by atoms with Gasteiger partial charge in [0.2, 0.25) is 10.0 Å². The van der Waals surface area contributed by atoms with Gasteiger partial charge in [0.05, 0.1) is 6.26 Å². The predicted octanol–water partition coefficient (Wildman–Crippen LogP) is 0.889. The minimum atomic E-state index is -3.12. The van der Waals surface area contributed by atoms with Gasteiger partial charge in [0, 0.05) is 31.6 Å². The largest absolute Gasteiger partial charge is 0.444 e. The topological polar surface area (TPSA) is 66.9 Å². The van der Waals surface area contributed by atoms with Crippen molar-refractivity contribution in [3.63, 3.8) is 0 Å². The van der Waals surface area contributed by atoms with Crippen molar-refractivity contribution < 1.29 is 17.9 Å². The van der Waals surface area contributed by atoms with E-state index in [0.29, 0.717) is 26.2 Å². The molecule has 110 valence electrons. The van der Waals surface area contributed by atoms with Crippen molar-refractivity contribution in [3.8, 4) is 0 Å². The van der Waals surface area contributed by atoms with Crippen LogP contribution in [0.2, 0.25) is 0 Å². The lowest BCUT2D eigenvalue weighted by molar-refractivity contribution is -0.0286. The average Bonchev–Trinajstić information content (AvgIpc) is 2.55. The van der Waals surface area contributed by atoms with Gasteiger partial charge in [-0.2, -0.15) is 0 Å². The number of rotatable bonds is 1. The Morgan fingerprint density at radius 1 is 1.21 bits per heavy atom. The maximum atomic E-state index is 11.8. The Morgan fingerprint density at radius 2 is 1.79 bits per heavy atom. The first-order valence-corrected chi connectivity index (χ1v) is 8.29. The van der Waals surface area contributed by atoms with Crippen LogP contribution in [0.1, 0.15) is 27.2 Å². The number of ether oxygens (including phenoxy) is 1. The fourth-order valence-electron chi connectivity index (χ4n) is 2.65. The molecule has 0 bridgehead atoms. The normalized spacial score (nSPS) is 23.5. The summed E-state index contributed by atoms with van der Waals surface area (Å²) in [5.41, 5.74) is -0.547. The van der Waals surface area contributed by atoms with Gasteiger partial charge in [0.15, 0.2) is 0 Å². The third-order valence-electron chi connectivity index (χ3n) is 3.58. The van der Waals surface area contributed by atoms with Crippen molar-refractivity contribution in [2.75, 3.05) is 32.4 Å². The molecular weight excluding hydrogens is 268 g/mol. The maximum Gasteiger partial charge on any atom is 0.410 e. The summed E-state index contributed by atoms with van der Waals surface area (Å²) in [5.74, 6) is 0. The molecule has 19 heavy (non-hydrogen) atoms. The van der Waals surface area contributed by atoms with Crippen LogP contribution in [0.3, 0.4) is 0 Å². The molecule has 0 aromatic heterocycles. The molecule has 2 fully saturated rings. The number of nitrogens with zero attached hydrogens (tertiary/aromatic N) is 2. The first kappa shape index (κ1) is 14.6. The quantitative estimate of drug-likeness (QED) is 0.719. The van der Waals surface area contributed by atoms with Gasteiger partial charge in [-0.3, -0.25) is 0 Å². The van der Waals surface area contributed by atoms with Crippen LogP contribution in [0.4, 0.5) is 4.79 Å². The minimum absolute atomic E-state index is 0.0556. The Balaban J connectivity index is 1.89. The molecule has 1 amide bonds. The number of likely N-dealkylation sites (tertiary alicyclic amines) is 1. The van der Waals surface area contributed by atoms with Crippen molar-refractivity contribution in [2.45, 2.75) is 32.8 Å². The lowest BCUT2D eigenvalue weighted by Gasteiger charge is -2.47. The van der Waals surface area contributed by atoms with Crippen LogP contribution in [-0.2, 0) is 14.8 Å². The molecule has 0 aromatic carbocycles. The summed E-state index contributed by atoms with van der Waals surface area (Å²) in [6, 6.07) is 0. The van der Waals surface area contributed by atoms with Crippen molar-refractivity contribution in [1.29, 1.82) is 0 Å². The summed E-state index contributed by atoms with van der Waals surface area (Å²) < 4.78 is 29.8. The number of amides is 1. The summed E-state index contributed by atoms with van der Waals surface area (Å²) in [5, 5.41) is 0. The maximum absolute atomic E-state index is 11.8. The summed E-state index contributed by atoms with van der Waals surface area (Å²) >= 11 is 0. The zero-order valence-electron chi connectivity index (χ0n) is 12.0. The lowest BCUT2D eigenvalue weighted by Crippen LogP contribution is -2.60. The highest BCUT2D eigenvalue weighted by atomic mass is 32.2. The summed E-state index contributed by atoms with van der Waals surface area (Å²) in [7, 11) is -3.12. The molecule has 6 nitrogen and oxygen atoms in total. The van der Waals surface area contributed by atoms with Gasteiger partial charge in [-0.15, -0.1) is 0 Å². The first-order chi connectivity index (χ1) is 8.51. The number of carbonyl (C=O) groups is 1. The number of hydrogen-bond donors (Lipinski definition) is 0. The fraction of sp³-hybridized carbons (Fsp3) is 0.917. The number of sulfonamides is 1. The lowest BCUT2D eigenvalue weighted by atomic mass is 9.79. The van der Waals surface area contributed by atoms with E-state index in [2.05, 4.69) is 0 Å². The van der Waals surface area contributed by atoms with Gasteiger partial charge in [0.25, 0.3) is 0 Å². The standard InChI is InChI=1S/C12H22N2O4S/c1-11(2,3)18-10(15)13-7-12(8-13)5-6-14(9-12)19(4,16)17/h5-9H2,1-4H3. The summed E-state index contributed by atoms with van der Waals surface area (Å²) in [4.78, 5) is 13.5. The molecule has 2 aliphatic heterocycles. The molecule has 2 heterocycles. The van der Waals surface area contributed by atoms with Crippen molar-refractivity contribution in [2.24, 2.45) is 5.41 Å². The van der Waals surface area contributed by atoms with Crippen LogP contribution in [0.15, 0.2) is 0 Å². The Bertz CT molecular complexity index is 474. The van der Waals surface area contributed by atoms with Gasteiger partial charge in [-0.25, -0.2) is 17.5 Å². The third kappa shape index (κ3) is 3.20. The zero-order chi connectivity index (χ0) is 14.5. The molecule has 0 aromatic rings. The molecule has 0 unspecified atom stereocenters. The van der Waals surface area contributed by atoms with E-state index in [4.69, 9.17) is 4.74 Å².